The fraction of sp³-hybridized carbons (Fsp3) is 0.500. The summed E-state index contributed by atoms with van der Waals surface area (Å²) in [4.78, 5) is 12.1. The zero-order valence-electron chi connectivity index (χ0n) is 10.4. The summed E-state index contributed by atoms with van der Waals surface area (Å²) in [6, 6.07) is 5.48. The summed E-state index contributed by atoms with van der Waals surface area (Å²) in [6.07, 6.45) is 2.60. The minimum absolute atomic E-state index is 0.0935. The summed E-state index contributed by atoms with van der Waals surface area (Å²) in [7, 11) is 0. The van der Waals surface area contributed by atoms with E-state index in [0.717, 1.165) is 29.7 Å². The van der Waals surface area contributed by atoms with Crippen molar-refractivity contribution >= 4 is 21.7 Å². The van der Waals surface area contributed by atoms with Crippen LogP contribution < -0.4 is 4.74 Å². The third kappa shape index (κ3) is 3.33. The molecule has 0 spiro atoms. The van der Waals surface area contributed by atoms with E-state index in [1.165, 1.54) is 0 Å². The maximum Gasteiger partial charge on any atom is 0.166 e. The topological polar surface area (TPSA) is 35.5 Å². The van der Waals surface area contributed by atoms with Crippen LogP contribution in [0.4, 0.5) is 0 Å². The Balaban J connectivity index is 2.05. The molecule has 3 nitrogen and oxygen atoms in total. The highest BCUT2D eigenvalue weighted by molar-refractivity contribution is 9.10. The Labute approximate surface area is 116 Å². The second-order valence-corrected chi connectivity index (χ2v) is 5.19. The van der Waals surface area contributed by atoms with Gasteiger partial charge in [-0.15, -0.1) is 0 Å². The largest absolute Gasteiger partial charge is 0.494 e. The van der Waals surface area contributed by atoms with Gasteiger partial charge in [0, 0.05) is 23.1 Å². The first kappa shape index (κ1) is 13.6. The predicted molar refractivity (Wildman–Crippen MR) is 73.2 cm³/mol. The van der Waals surface area contributed by atoms with Gasteiger partial charge in [-0.2, -0.15) is 0 Å². The summed E-state index contributed by atoms with van der Waals surface area (Å²) < 4.78 is 11.7. The summed E-state index contributed by atoms with van der Waals surface area (Å²) >= 11 is 3.43. The number of carbonyl (C=O) groups excluding carboxylic acids is 1. The second kappa shape index (κ2) is 6.34. The van der Waals surface area contributed by atoms with Crippen LogP contribution in [0.15, 0.2) is 22.7 Å². The molecule has 1 aliphatic heterocycles. The summed E-state index contributed by atoms with van der Waals surface area (Å²) in [5.41, 5.74) is 0.703. The standard InChI is InChI=1S/C14H17BrO3/c1-2-17-11-5-6-12(13(15)8-11)14(16)9-10-4-3-7-18-10/h5-6,8,10H,2-4,7,9H2,1H3. The van der Waals surface area contributed by atoms with E-state index in [2.05, 4.69) is 15.9 Å². The Bertz CT molecular complexity index is 425. The molecular formula is C14H17BrO3. The van der Waals surface area contributed by atoms with Gasteiger partial charge in [-0.05, 0) is 53.9 Å². The number of rotatable bonds is 5. The molecule has 18 heavy (non-hydrogen) atoms. The summed E-state index contributed by atoms with van der Waals surface area (Å²) in [5.74, 6) is 0.898. The molecule has 1 aromatic carbocycles. The van der Waals surface area contributed by atoms with Crippen molar-refractivity contribution in [3.63, 3.8) is 0 Å². The highest BCUT2D eigenvalue weighted by atomic mass is 79.9. The Morgan fingerprint density at radius 2 is 2.39 bits per heavy atom. The van der Waals surface area contributed by atoms with Crippen LogP contribution in [0, 0.1) is 0 Å². The van der Waals surface area contributed by atoms with E-state index >= 15 is 0 Å². The number of carbonyl (C=O) groups is 1. The van der Waals surface area contributed by atoms with Gasteiger partial charge in [-0.1, -0.05) is 0 Å². The summed E-state index contributed by atoms with van der Waals surface area (Å²) in [6.45, 7) is 3.34. The number of hydrogen-bond donors (Lipinski definition) is 0. The SMILES string of the molecule is CCOc1ccc(C(=O)CC2CCCO2)c(Br)c1. The van der Waals surface area contributed by atoms with Crippen LogP contribution in [0.1, 0.15) is 36.5 Å². The first-order chi connectivity index (χ1) is 8.70. The van der Waals surface area contributed by atoms with Crippen molar-refractivity contribution in [1.82, 2.24) is 0 Å². The maximum atomic E-state index is 12.1. The molecule has 0 amide bonds. The van der Waals surface area contributed by atoms with Crippen LogP contribution in [0.2, 0.25) is 0 Å². The van der Waals surface area contributed by atoms with Crippen LogP contribution >= 0.6 is 15.9 Å². The Morgan fingerprint density at radius 1 is 1.56 bits per heavy atom. The minimum atomic E-state index is 0.0935. The van der Waals surface area contributed by atoms with E-state index in [1.54, 1.807) is 0 Å². The van der Waals surface area contributed by atoms with Gasteiger partial charge in [0.25, 0.3) is 0 Å². The third-order valence-electron chi connectivity index (χ3n) is 2.99. The van der Waals surface area contributed by atoms with Crippen molar-refractivity contribution in [2.45, 2.75) is 32.3 Å². The molecule has 0 bridgehead atoms. The number of hydrogen-bond acceptors (Lipinski definition) is 3. The fourth-order valence-corrected chi connectivity index (χ4v) is 2.68. The average Bonchev–Trinajstić information content (AvgIpc) is 2.82. The number of ether oxygens (including phenoxy) is 2. The average molecular weight is 313 g/mol. The van der Waals surface area contributed by atoms with E-state index in [0.29, 0.717) is 18.6 Å². The number of halogens is 1. The number of benzene rings is 1. The van der Waals surface area contributed by atoms with Crippen LogP contribution in [0.3, 0.4) is 0 Å². The number of ketones is 1. The van der Waals surface area contributed by atoms with Gasteiger partial charge in [0.1, 0.15) is 5.75 Å². The lowest BCUT2D eigenvalue weighted by Crippen LogP contribution is -2.13. The molecule has 0 aromatic heterocycles. The van der Waals surface area contributed by atoms with E-state index in [9.17, 15) is 4.79 Å². The first-order valence-corrected chi connectivity index (χ1v) is 7.07. The molecule has 0 aliphatic carbocycles. The van der Waals surface area contributed by atoms with Crippen molar-refractivity contribution in [3.05, 3.63) is 28.2 Å². The highest BCUT2D eigenvalue weighted by Gasteiger charge is 2.21. The van der Waals surface area contributed by atoms with E-state index in [1.807, 2.05) is 25.1 Å². The lowest BCUT2D eigenvalue weighted by Gasteiger charge is -2.10. The van der Waals surface area contributed by atoms with Crippen LogP contribution in [0.5, 0.6) is 5.75 Å². The van der Waals surface area contributed by atoms with Gasteiger partial charge >= 0.3 is 0 Å². The van der Waals surface area contributed by atoms with Crippen molar-refractivity contribution in [3.8, 4) is 5.75 Å². The van der Waals surface area contributed by atoms with Crippen molar-refractivity contribution < 1.29 is 14.3 Å². The zero-order valence-corrected chi connectivity index (χ0v) is 12.0. The number of Topliss-reactive ketones (excluding diaryl/α,β-unsaturated/α-hetero) is 1. The van der Waals surface area contributed by atoms with Crippen molar-refractivity contribution in [2.24, 2.45) is 0 Å². The minimum Gasteiger partial charge on any atom is -0.494 e. The monoisotopic (exact) mass is 312 g/mol. The Morgan fingerprint density at radius 3 is 3.00 bits per heavy atom. The molecule has 2 rings (SSSR count). The van der Waals surface area contributed by atoms with Crippen LogP contribution in [0.25, 0.3) is 0 Å². The highest BCUT2D eigenvalue weighted by Crippen LogP contribution is 2.26. The molecule has 0 N–H and O–H groups in total. The van der Waals surface area contributed by atoms with Gasteiger partial charge in [-0.3, -0.25) is 4.79 Å². The normalized spacial score (nSPS) is 18.9. The van der Waals surface area contributed by atoms with Gasteiger partial charge in [0.05, 0.1) is 12.7 Å². The maximum absolute atomic E-state index is 12.1. The van der Waals surface area contributed by atoms with E-state index in [4.69, 9.17) is 9.47 Å². The predicted octanol–water partition coefficient (Wildman–Crippen LogP) is 3.60. The first-order valence-electron chi connectivity index (χ1n) is 6.28. The fourth-order valence-electron chi connectivity index (χ4n) is 2.10. The molecule has 1 aliphatic rings. The quantitative estimate of drug-likeness (QED) is 0.779. The van der Waals surface area contributed by atoms with Crippen molar-refractivity contribution in [1.29, 1.82) is 0 Å². The molecule has 1 fully saturated rings. The Hall–Kier alpha value is -0.870. The molecule has 1 unspecified atom stereocenters. The van der Waals surface area contributed by atoms with Gasteiger partial charge in [0.15, 0.2) is 5.78 Å². The zero-order chi connectivity index (χ0) is 13.0. The van der Waals surface area contributed by atoms with Crippen LogP contribution in [-0.2, 0) is 4.74 Å². The molecule has 0 saturated carbocycles. The second-order valence-electron chi connectivity index (χ2n) is 4.34. The van der Waals surface area contributed by atoms with Gasteiger partial charge in [0.2, 0.25) is 0 Å². The molecule has 1 atom stereocenters. The van der Waals surface area contributed by atoms with Gasteiger partial charge in [-0.25, -0.2) is 0 Å². The molecular weight excluding hydrogens is 296 g/mol. The van der Waals surface area contributed by atoms with E-state index < -0.39 is 0 Å². The van der Waals surface area contributed by atoms with E-state index in [-0.39, 0.29) is 11.9 Å². The molecule has 98 valence electrons. The van der Waals surface area contributed by atoms with Crippen molar-refractivity contribution in [2.75, 3.05) is 13.2 Å². The summed E-state index contributed by atoms with van der Waals surface area (Å²) in [5, 5.41) is 0. The molecule has 4 heteroatoms. The molecule has 1 aromatic rings. The molecule has 0 radical (unpaired) electrons. The lowest BCUT2D eigenvalue weighted by molar-refractivity contribution is 0.0775. The molecule has 1 saturated heterocycles. The van der Waals surface area contributed by atoms with Gasteiger partial charge < -0.3 is 9.47 Å². The lowest BCUT2D eigenvalue weighted by atomic mass is 10.0. The smallest absolute Gasteiger partial charge is 0.166 e. The van der Waals surface area contributed by atoms with Crippen LogP contribution in [-0.4, -0.2) is 25.1 Å². The molecule has 1 heterocycles. The Kier molecular flexibility index (Phi) is 4.78. The third-order valence-corrected chi connectivity index (χ3v) is 3.65.